The van der Waals surface area contributed by atoms with E-state index in [9.17, 15) is 9.59 Å². The van der Waals surface area contributed by atoms with Crippen LogP contribution in [0.3, 0.4) is 0 Å². The number of carbonyl (C=O) groups is 1. The van der Waals surface area contributed by atoms with Gasteiger partial charge in [-0.2, -0.15) is 0 Å². The van der Waals surface area contributed by atoms with Crippen molar-refractivity contribution in [2.75, 3.05) is 26.8 Å². The number of hydrogen-bond acceptors (Lipinski definition) is 5. The summed E-state index contributed by atoms with van der Waals surface area (Å²) < 4.78 is 14.7. The van der Waals surface area contributed by atoms with Gasteiger partial charge >= 0.3 is 0 Å². The molecule has 2 aromatic heterocycles. The van der Waals surface area contributed by atoms with Crippen LogP contribution in [0.25, 0.3) is 16.8 Å². The first-order valence-corrected chi connectivity index (χ1v) is 12.9. The van der Waals surface area contributed by atoms with Gasteiger partial charge in [0.1, 0.15) is 23.6 Å². The van der Waals surface area contributed by atoms with Crippen LogP contribution in [-0.4, -0.2) is 58.7 Å². The topological polar surface area (TPSA) is 77.2 Å². The van der Waals surface area contributed by atoms with Crippen molar-refractivity contribution in [1.82, 2.24) is 19.2 Å². The van der Waals surface area contributed by atoms with E-state index in [0.29, 0.717) is 35.4 Å². The van der Waals surface area contributed by atoms with Crippen LogP contribution in [0.5, 0.6) is 11.5 Å². The molecule has 3 aromatic rings. The predicted octanol–water partition coefficient (Wildman–Crippen LogP) is 3.94. The predicted molar refractivity (Wildman–Crippen MR) is 142 cm³/mol. The summed E-state index contributed by atoms with van der Waals surface area (Å²) in [6.45, 7) is 8.79. The van der Waals surface area contributed by atoms with Crippen molar-refractivity contribution in [3.8, 4) is 22.8 Å². The third-order valence-electron chi connectivity index (χ3n) is 6.76. The van der Waals surface area contributed by atoms with Crippen molar-refractivity contribution in [3.63, 3.8) is 0 Å². The minimum absolute atomic E-state index is 0.0153. The summed E-state index contributed by atoms with van der Waals surface area (Å²) in [7, 11) is 1.60. The average Bonchev–Trinajstić information content (AvgIpc) is 3.27. The van der Waals surface area contributed by atoms with Crippen molar-refractivity contribution in [3.05, 3.63) is 53.1 Å². The first-order chi connectivity index (χ1) is 17.4. The SMILES string of the molecule is COc1cccc(-c2cn3cc(OCCCN4CCCC[C@@H]4C)cc3c(=O)n2CC(=O)NC(C)C)c1. The number of ether oxygens (including phenoxy) is 2. The molecule has 0 saturated carbocycles. The molecular weight excluding hydrogens is 456 g/mol. The number of methoxy groups -OCH3 is 1. The van der Waals surface area contributed by atoms with E-state index in [2.05, 4.69) is 17.1 Å². The van der Waals surface area contributed by atoms with Gasteiger partial charge in [0, 0.05) is 36.5 Å². The Morgan fingerprint density at radius 2 is 2.00 bits per heavy atom. The molecule has 36 heavy (non-hydrogen) atoms. The molecule has 3 heterocycles. The maximum atomic E-state index is 13.6. The number of likely N-dealkylation sites (tertiary alicyclic amines) is 1. The molecule has 0 radical (unpaired) electrons. The van der Waals surface area contributed by atoms with E-state index < -0.39 is 0 Å². The van der Waals surface area contributed by atoms with Crippen LogP contribution in [0, 0.1) is 0 Å². The molecule has 8 nitrogen and oxygen atoms in total. The monoisotopic (exact) mass is 494 g/mol. The summed E-state index contributed by atoms with van der Waals surface area (Å²) >= 11 is 0. The highest BCUT2D eigenvalue weighted by molar-refractivity contribution is 5.77. The lowest BCUT2D eigenvalue weighted by Gasteiger charge is -2.33. The zero-order valence-corrected chi connectivity index (χ0v) is 21.8. The Morgan fingerprint density at radius 3 is 2.75 bits per heavy atom. The molecule has 4 rings (SSSR count). The van der Waals surface area contributed by atoms with Gasteiger partial charge in [-0.1, -0.05) is 18.6 Å². The molecule has 1 aromatic carbocycles. The molecule has 1 fully saturated rings. The molecule has 1 aliphatic heterocycles. The fourth-order valence-electron chi connectivity index (χ4n) is 4.89. The van der Waals surface area contributed by atoms with Crippen LogP contribution in [-0.2, 0) is 11.3 Å². The summed E-state index contributed by atoms with van der Waals surface area (Å²) in [5.41, 5.74) is 1.65. The van der Waals surface area contributed by atoms with Gasteiger partial charge < -0.3 is 24.1 Å². The average molecular weight is 495 g/mol. The number of aromatic nitrogens is 2. The molecule has 1 amide bonds. The number of benzene rings is 1. The van der Waals surface area contributed by atoms with Crippen LogP contribution < -0.4 is 20.3 Å². The van der Waals surface area contributed by atoms with Crippen molar-refractivity contribution >= 4 is 11.4 Å². The minimum atomic E-state index is -0.244. The Hall–Kier alpha value is -3.26. The number of hydrogen-bond donors (Lipinski definition) is 1. The van der Waals surface area contributed by atoms with Gasteiger partial charge in [0.25, 0.3) is 5.56 Å². The minimum Gasteiger partial charge on any atom is -0.497 e. The summed E-state index contributed by atoms with van der Waals surface area (Å²) in [5, 5.41) is 2.88. The molecule has 0 unspecified atom stereocenters. The second-order valence-corrected chi connectivity index (χ2v) is 9.91. The molecule has 0 aliphatic carbocycles. The summed E-state index contributed by atoms with van der Waals surface area (Å²) in [5.74, 6) is 1.12. The lowest BCUT2D eigenvalue weighted by atomic mass is 10.0. The largest absolute Gasteiger partial charge is 0.497 e. The second kappa shape index (κ2) is 11.6. The first-order valence-electron chi connectivity index (χ1n) is 12.9. The van der Waals surface area contributed by atoms with Crippen LogP contribution in [0.1, 0.15) is 46.5 Å². The number of rotatable bonds is 10. The van der Waals surface area contributed by atoms with Crippen molar-refractivity contribution in [1.29, 1.82) is 0 Å². The lowest BCUT2D eigenvalue weighted by molar-refractivity contribution is -0.122. The third kappa shape index (κ3) is 6.10. The number of fused-ring (bicyclic) bond motifs is 1. The zero-order chi connectivity index (χ0) is 25.7. The van der Waals surface area contributed by atoms with Crippen molar-refractivity contribution in [2.45, 2.75) is 65.1 Å². The van der Waals surface area contributed by atoms with Crippen LogP contribution in [0.15, 0.2) is 47.5 Å². The zero-order valence-electron chi connectivity index (χ0n) is 21.8. The molecule has 1 saturated heterocycles. The number of nitrogens with one attached hydrogen (secondary N) is 1. The van der Waals surface area contributed by atoms with Gasteiger partial charge in [-0.15, -0.1) is 0 Å². The van der Waals surface area contributed by atoms with E-state index in [1.807, 2.05) is 50.5 Å². The molecule has 194 valence electrons. The maximum Gasteiger partial charge on any atom is 0.275 e. The smallest absolute Gasteiger partial charge is 0.275 e. The van der Waals surface area contributed by atoms with Gasteiger partial charge in [-0.25, -0.2) is 0 Å². The number of amides is 1. The standard InChI is InChI=1S/C28H38N4O4/c1-20(2)29-27(33)19-32-26(22-10-7-11-23(15-22)35-4)18-31-17-24(16-25(31)28(32)34)36-14-8-13-30-12-6-5-9-21(30)3/h7,10-11,15-18,20-21H,5-6,8-9,12-14,19H2,1-4H3,(H,29,33)/t21-/m0/s1. The summed E-state index contributed by atoms with van der Waals surface area (Å²) in [6.07, 6.45) is 8.50. The van der Waals surface area contributed by atoms with E-state index in [0.717, 1.165) is 25.1 Å². The summed E-state index contributed by atoms with van der Waals surface area (Å²) in [4.78, 5) is 28.7. The normalized spacial score (nSPS) is 16.4. The van der Waals surface area contributed by atoms with Gasteiger partial charge in [0.15, 0.2) is 0 Å². The van der Waals surface area contributed by atoms with E-state index in [1.165, 1.54) is 23.8 Å². The van der Waals surface area contributed by atoms with E-state index in [1.54, 1.807) is 17.6 Å². The molecular formula is C28H38N4O4. The Morgan fingerprint density at radius 1 is 1.17 bits per heavy atom. The Labute approximate surface area is 212 Å². The number of carbonyl (C=O) groups excluding carboxylic acids is 1. The lowest BCUT2D eigenvalue weighted by Crippen LogP contribution is -2.38. The van der Waals surface area contributed by atoms with Crippen LogP contribution in [0.2, 0.25) is 0 Å². The summed E-state index contributed by atoms with van der Waals surface area (Å²) in [6, 6.07) is 9.87. The quantitative estimate of drug-likeness (QED) is 0.432. The van der Waals surface area contributed by atoms with Crippen molar-refractivity contribution in [2.24, 2.45) is 0 Å². The van der Waals surface area contributed by atoms with Gasteiger partial charge in [-0.05, 0) is 58.7 Å². The Balaban J connectivity index is 1.58. The first kappa shape index (κ1) is 25.8. The Kier molecular flexibility index (Phi) is 8.36. The highest BCUT2D eigenvalue weighted by Crippen LogP contribution is 2.25. The molecule has 0 spiro atoms. The third-order valence-corrected chi connectivity index (χ3v) is 6.76. The van der Waals surface area contributed by atoms with Crippen LogP contribution in [0.4, 0.5) is 0 Å². The fraction of sp³-hybridized carbons (Fsp3) is 0.500. The van der Waals surface area contributed by atoms with Gasteiger partial charge in [0.05, 0.1) is 25.6 Å². The second-order valence-electron chi connectivity index (χ2n) is 9.91. The highest BCUT2D eigenvalue weighted by Gasteiger charge is 2.18. The molecule has 1 N–H and O–H groups in total. The molecule has 0 bridgehead atoms. The van der Waals surface area contributed by atoms with E-state index in [-0.39, 0.29) is 24.1 Å². The van der Waals surface area contributed by atoms with E-state index in [4.69, 9.17) is 9.47 Å². The van der Waals surface area contributed by atoms with Crippen LogP contribution >= 0.6 is 0 Å². The van der Waals surface area contributed by atoms with E-state index >= 15 is 0 Å². The van der Waals surface area contributed by atoms with Gasteiger partial charge in [-0.3, -0.25) is 14.2 Å². The molecule has 8 heteroatoms. The van der Waals surface area contributed by atoms with Crippen molar-refractivity contribution < 1.29 is 14.3 Å². The molecule has 1 atom stereocenters. The van der Waals surface area contributed by atoms with Gasteiger partial charge in [0.2, 0.25) is 5.91 Å². The number of nitrogens with zero attached hydrogens (tertiary/aromatic N) is 3. The maximum absolute atomic E-state index is 13.6. The Bertz CT molecular complexity index is 1250. The fourth-order valence-corrected chi connectivity index (χ4v) is 4.89. The molecule has 1 aliphatic rings. The highest BCUT2D eigenvalue weighted by atomic mass is 16.5. The number of piperidine rings is 1.